The number of fused-ring (bicyclic) bond motifs is 16. The van der Waals surface area contributed by atoms with Crippen LogP contribution >= 0.6 is 0 Å². The number of hydrogen-bond acceptors (Lipinski definition) is 12. The third-order valence-corrected chi connectivity index (χ3v) is 21.9. The van der Waals surface area contributed by atoms with Crippen molar-refractivity contribution < 1.29 is 19.8 Å². The number of aromatic nitrogens is 11. The first-order valence-corrected chi connectivity index (χ1v) is 39.0. The van der Waals surface area contributed by atoms with Crippen LogP contribution in [0.1, 0.15) is 89.3 Å². The Balaban J connectivity index is 0.716. The second-order valence-corrected chi connectivity index (χ2v) is 30.0. The normalized spacial score (nSPS) is 12.0. The Labute approximate surface area is 678 Å². The number of H-pyrrole nitrogens is 4. The number of aromatic amines is 4. The zero-order valence-electron chi connectivity index (χ0n) is 65.2. The number of anilines is 5. The quantitative estimate of drug-likeness (QED) is 0.0436. The van der Waals surface area contributed by atoms with Crippen LogP contribution in [0, 0.1) is 41.5 Å². The maximum Gasteiger partial charge on any atom is 0.335 e. The zero-order valence-corrected chi connectivity index (χ0v) is 65.2. The van der Waals surface area contributed by atoms with Crippen molar-refractivity contribution >= 4 is 134 Å². The number of aromatic carboxylic acids is 1. The Morgan fingerprint density at radius 3 is 0.797 bits per heavy atom. The molecule has 19 rings (SSSR count). The minimum absolute atomic E-state index is 0.0333. The fourth-order valence-corrected chi connectivity index (χ4v) is 16.9. The number of nitrogens with one attached hydrogen (secondary N) is 7. The lowest BCUT2D eigenvalue weighted by atomic mass is 9.92. The average Bonchev–Trinajstić information content (AvgIpc) is 1.57. The number of hydrogen-bond donors (Lipinski definition) is 9. The van der Waals surface area contributed by atoms with E-state index in [1.54, 1.807) is 12.1 Å². The van der Waals surface area contributed by atoms with E-state index in [0.717, 1.165) is 206 Å². The van der Waals surface area contributed by atoms with E-state index in [-0.39, 0.29) is 23.4 Å². The number of rotatable bonds is 16. The molecule has 8 aromatic carbocycles. The monoisotopic (exact) mass is 1540 g/mol. The zero-order chi connectivity index (χ0) is 80.4. The molecule has 118 heavy (non-hydrogen) atoms. The van der Waals surface area contributed by atoms with Crippen LogP contribution in [0.25, 0.3) is 182 Å². The van der Waals surface area contributed by atoms with Gasteiger partial charge in [-0.1, -0.05) is 163 Å². The highest BCUT2D eigenvalue weighted by Crippen LogP contribution is 2.45. The molecular weight excluding hydrogens is 1460 g/mol. The molecule has 570 valence electrons. The smallest absolute Gasteiger partial charge is 0.335 e. The summed E-state index contributed by atoms with van der Waals surface area (Å²) in [5, 5.41) is 29.6. The Hall–Kier alpha value is -15.7. The van der Waals surface area contributed by atoms with Gasteiger partial charge in [-0.2, -0.15) is 15.0 Å². The summed E-state index contributed by atoms with van der Waals surface area (Å²) in [5.41, 5.74) is 35.9. The van der Waals surface area contributed by atoms with Crippen molar-refractivity contribution in [1.29, 1.82) is 0 Å². The van der Waals surface area contributed by atoms with E-state index in [9.17, 15) is 19.8 Å². The van der Waals surface area contributed by atoms with Gasteiger partial charge >= 0.3 is 11.9 Å². The second kappa shape index (κ2) is 30.0. The second-order valence-electron chi connectivity index (χ2n) is 30.0. The summed E-state index contributed by atoms with van der Waals surface area (Å²) in [7, 11) is 0. The molecule has 0 amide bonds. The number of carboxylic acid groups (broad SMARTS) is 2. The number of aryl methyl sites for hydroxylation is 6. The van der Waals surface area contributed by atoms with Gasteiger partial charge in [0.15, 0.2) is 0 Å². The van der Waals surface area contributed by atoms with Gasteiger partial charge in [-0.3, -0.25) is 4.79 Å². The van der Waals surface area contributed by atoms with Gasteiger partial charge in [0.05, 0.1) is 51.1 Å². The van der Waals surface area contributed by atoms with E-state index < -0.39 is 18.5 Å². The highest BCUT2D eigenvalue weighted by Gasteiger charge is 2.25. The van der Waals surface area contributed by atoms with Gasteiger partial charge < -0.3 is 46.1 Å². The molecule has 7 aromatic heterocycles. The number of aliphatic carboxylic acids is 1. The lowest BCUT2D eigenvalue weighted by Crippen LogP contribution is -2.16. The standard InChI is InChI=1S/C100H76N14O4/c1-55-50-57(3)87(58(4)51-55)95-82-46-42-78(108-82)92(64-22-24-67(25-23-64)97(117)118)79-43-47-83(109-79)96(88-59(5)52-56(2)53-60(88)6)85-49-45-81(111-85)94(80-44-48-84(95)110-80)66-28-32-69(33-29-66)103-100-113-98(101-54-86(115)116)112-99(114-100)102-68-30-26-65(27-31-68)93-76-40-38-74(106-76)90(62-18-12-8-13-19-62)72-36-34-70(104-72)89(61-16-10-7-11-17-61)71-35-37-73(105-71)91(63-20-14-9-15-21-63)75-39-41-77(93)107-75/h7-53,104,107-108,111H,54H2,1-6H3,(H,115,116)(H,117,118)(H3,101,102,103,112,113,114). The van der Waals surface area contributed by atoms with Crippen LogP contribution in [0.15, 0.2) is 237 Å². The molecule has 15 aromatic rings. The molecule has 9 N–H and O–H groups in total. The van der Waals surface area contributed by atoms with Gasteiger partial charge in [-0.15, -0.1) is 0 Å². The van der Waals surface area contributed by atoms with Gasteiger partial charge in [0.1, 0.15) is 6.54 Å². The molecule has 0 saturated heterocycles. The van der Waals surface area contributed by atoms with E-state index in [1.807, 2.05) is 109 Å². The summed E-state index contributed by atoms with van der Waals surface area (Å²) in [5.74, 6) is -1.77. The average molecular weight is 1540 g/mol. The fraction of sp³-hybridized carbons (Fsp3) is 0.0700. The molecule has 0 radical (unpaired) electrons. The highest BCUT2D eigenvalue weighted by atomic mass is 16.4. The predicted octanol–water partition coefficient (Wildman–Crippen LogP) is 23.7. The molecule has 18 heteroatoms. The van der Waals surface area contributed by atoms with Crippen molar-refractivity contribution in [1.82, 2.24) is 54.8 Å². The van der Waals surface area contributed by atoms with Crippen LogP contribution < -0.4 is 16.0 Å². The van der Waals surface area contributed by atoms with E-state index in [2.05, 4.69) is 241 Å². The minimum Gasteiger partial charge on any atom is -0.480 e. The van der Waals surface area contributed by atoms with Crippen LogP contribution in [0.2, 0.25) is 0 Å². The van der Waals surface area contributed by atoms with Crippen molar-refractivity contribution in [2.75, 3.05) is 22.5 Å². The SMILES string of the molecule is Cc1cc(C)c(-c2c3nc(c(-c4ccc(C(=O)O)cc4)c4ccc([nH]4)c(-c4c(C)cc(C)cc4C)c4nc(c(-c5ccc(Nc6nc(NCC(=O)O)nc(Nc7ccc(-c8c9nc(c(-c%10ccccc%10)c%10ccc([nH]%10)c(-c%10ccccc%10)c%10nc(c(-c%11ccccc%11)c%11ccc8[nH]%11)C=C%10)C=C9)cc7)n6)cc5)c5ccc2[nH]5)C=C4)C=C3)c(C)c1. The highest BCUT2D eigenvalue weighted by molar-refractivity contribution is 6.04. The van der Waals surface area contributed by atoms with E-state index in [1.165, 1.54) is 0 Å². The number of benzene rings is 8. The fourth-order valence-electron chi connectivity index (χ4n) is 16.9. The number of carboxylic acids is 2. The Bertz CT molecular complexity index is 7020. The Morgan fingerprint density at radius 2 is 0.525 bits per heavy atom. The summed E-state index contributed by atoms with van der Waals surface area (Å²) in [6, 6.07) is 79.7. The summed E-state index contributed by atoms with van der Waals surface area (Å²) < 4.78 is 0. The first-order valence-electron chi connectivity index (χ1n) is 39.0. The number of carbonyl (C=O) groups is 2. The molecule has 0 spiro atoms. The van der Waals surface area contributed by atoms with Crippen LogP contribution in [-0.2, 0) is 4.79 Å². The summed E-state index contributed by atoms with van der Waals surface area (Å²) >= 11 is 0. The van der Waals surface area contributed by atoms with Gasteiger partial charge in [0.25, 0.3) is 0 Å². The number of nitrogens with zero attached hydrogens (tertiary/aromatic N) is 7. The molecule has 0 fully saturated rings. The molecule has 0 atom stereocenters. The molecule has 18 nitrogen and oxygen atoms in total. The van der Waals surface area contributed by atoms with Crippen LogP contribution in [0.4, 0.5) is 29.2 Å². The van der Waals surface area contributed by atoms with Gasteiger partial charge in [-0.25, -0.2) is 24.7 Å². The van der Waals surface area contributed by atoms with E-state index in [4.69, 9.17) is 34.9 Å². The molecule has 4 aliphatic heterocycles. The minimum atomic E-state index is -1.09. The predicted molar refractivity (Wildman–Crippen MR) is 479 cm³/mol. The van der Waals surface area contributed by atoms with Gasteiger partial charge in [0, 0.05) is 100 Å². The van der Waals surface area contributed by atoms with Crippen LogP contribution in [0.3, 0.4) is 0 Å². The largest absolute Gasteiger partial charge is 0.480 e. The molecule has 4 aliphatic rings. The summed E-state index contributed by atoms with van der Waals surface area (Å²) in [6.45, 7) is 12.3. The first-order chi connectivity index (χ1) is 57.5. The third-order valence-electron chi connectivity index (χ3n) is 21.9. The molecule has 16 bridgehead atoms. The van der Waals surface area contributed by atoms with Crippen molar-refractivity contribution in [2.45, 2.75) is 41.5 Å². The third kappa shape index (κ3) is 13.8. The summed E-state index contributed by atoms with van der Waals surface area (Å²) in [4.78, 5) is 76.3. The Kier molecular flexibility index (Phi) is 18.4. The topological polar surface area (TPSA) is 264 Å². The molecule has 0 aliphatic carbocycles. The lowest BCUT2D eigenvalue weighted by molar-refractivity contribution is -0.134. The van der Waals surface area contributed by atoms with Crippen LogP contribution in [-0.4, -0.2) is 83.5 Å². The maximum atomic E-state index is 12.2. The molecule has 0 unspecified atom stereocenters. The lowest BCUT2D eigenvalue weighted by Gasteiger charge is -2.13. The molecule has 0 saturated carbocycles. The van der Waals surface area contributed by atoms with Crippen LogP contribution in [0.5, 0.6) is 0 Å². The van der Waals surface area contributed by atoms with Crippen molar-refractivity contribution in [3.63, 3.8) is 0 Å². The summed E-state index contributed by atoms with van der Waals surface area (Å²) in [6.07, 6.45) is 16.6. The van der Waals surface area contributed by atoms with Gasteiger partial charge in [0.2, 0.25) is 17.8 Å². The Morgan fingerprint density at radius 1 is 0.280 bits per heavy atom. The van der Waals surface area contributed by atoms with Crippen molar-refractivity contribution in [3.8, 4) is 89.0 Å². The van der Waals surface area contributed by atoms with Crippen molar-refractivity contribution in [3.05, 3.63) is 321 Å². The van der Waals surface area contributed by atoms with Gasteiger partial charge in [-0.05, 0) is 242 Å². The van der Waals surface area contributed by atoms with Crippen molar-refractivity contribution in [2.24, 2.45) is 0 Å². The molecule has 11 heterocycles. The maximum absolute atomic E-state index is 12.2. The van der Waals surface area contributed by atoms with E-state index in [0.29, 0.717) is 17.1 Å². The molecular formula is C100H76N14O4. The first kappa shape index (κ1) is 72.5. The van der Waals surface area contributed by atoms with E-state index >= 15 is 0 Å².